The summed E-state index contributed by atoms with van der Waals surface area (Å²) >= 11 is 0. The summed E-state index contributed by atoms with van der Waals surface area (Å²) in [4.78, 5) is 15.7. The van der Waals surface area contributed by atoms with E-state index in [0.29, 0.717) is 17.5 Å². The fraction of sp³-hybridized carbons (Fsp3) is 0. The Morgan fingerprint density at radius 2 is 0.818 bits per heavy atom. The molecule has 0 fully saturated rings. The highest BCUT2D eigenvalue weighted by Crippen LogP contribution is 2.47. The topological polar surface area (TPSA) is 51.8 Å². The van der Waals surface area contributed by atoms with Gasteiger partial charge in [-0.3, -0.25) is 0 Å². The van der Waals surface area contributed by atoms with Crippen molar-refractivity contribution in [2.45, 2.75) is 0 Å². The first-order valence-electron chi connectivity index (χ1n) is 18.5. The van der Waals surface area contributed by atoms with E-state index < -0.39 is 0 Å². The first kappa shape index (κ1) is 31.1. The van der Waals surface area contributed by atoms with E-state index in [-0.39, 0.29) is 0 Å². The van der Waals surface area contributed by atoms with Crippen LogP contribution in [0.15, 0.2) is 192 Å². The summed E-state index contributed by atoms with van der Waals surface area (Å²) in [5, 5.41) is 8.85. The lowest BCUT2D eigenvalue weighted by Gasteiger charge is -2.16. The van der Waals surface area contributed by atoms with Crippen LogP contribution in [0.1, 0.15) is 0 Å². The van der Waals surface area contributed by atoms with Crippen molar-refractivity contribution in [2.75, 3.05) is 0 Å². The number of furan rings is 1. The number of hydrogen-bond acceptors (Lipinski definition) is 4. The van der Waals surface area contributed by atoms with Gasteiger partial charge in [-0.05, 0) is 73.3 Å². The third-order valence-electron chi connectivity index (χ3n) is 10.7. The molecule has 0 saturated carbocycles. The minimum atomic E-state index is 0.598. The molecule has 0 N–H and O–H groups in total. The third-order valence-corrected chi connectivity index (χ3v) is 10.7. The molecule has 11 aromatic rings. The molecule has 0 unspecified atom stereocenters. The Bertz CT molecular complexity index is 3270. The summed E-state index contributed by atoms with van der Waals surface area (Å²) in [6.45, 7) is 0. The molecule has 0 aliphatic carbocycles. The standard InChI is InChI=1S/C51H31N3O/c1-2-15-34(16-3-1)49-52-50(40-28-26-33-14-5-7-18-36(33)31-40)54-51(53-49)47-42-22-9-8-21-41(42)45(48-46(47)43-23-10-11-24-44(43)55-48)39-20-12-19-37(30-39)38-27-25-32-13-4-6-17-35(32)29-38/h1-31H. The molecule has 0 aliphatic rings. The predicted octanol–water partition coefficient (Wildman–Crippen LogP) is 13.6. The van der Waals surface area contributed by atoms with Gasteiger partial charge in [0.2, 0.25) is 0 Å². The summed E-state index contributed by atoms with van der Waals surface area (Å²) in [6, 6.07) is 65.7. The summed E-state index contributed by atoms with van der Waals surface area (Å²) in [5.41, 5.74) is 8.83. The van der Waals surface area contributed by atoms with Crippen molar-refractivity contribution in [3.8, 4) is 56.4 Å². The van der Waals surface area contributed by atoms with Crippen molar-refractivity contribution in [1.29, 1.82) is 0 Å². The van der Waals surface area contributed by atoms with Gasteiger partial charge in [-0.1, -0.05) is 164 Å². The summed E-state index contributed by atoms with van der Waals surface area (Å²) in [6.07, 6.45) is 0. The van der Waals surface area contributed by atoms with E-state index >= 15 is 0 Å². The monoisotopic (exact) mass is 701 g/mol. The Labute approximate surface area is 317 Å². The number of rotatable bonds is 5. The van der Waals surface area contributed by atoms with Gasteiger partial charge in [0.15, 0.2) is 17.5 Å². The molecule has 9 aromatic carbocycles. The number of benzene rings is 9. The molecule has 0 atom stereocenters. The molecular formula is C51H31N3O. The van der Waals surface area contributed by atoms with E-state index in [0.717, 1.165) is 71.5 Å². The maximum atomic E-state index is 6.92. The molecule has 256 valence electrons. The second-order valence-corrected chi connectivity index (χ2v) is 14.0. The Hall–Kier alpha value is -7.43. The Morgan fingerprint density at radius 3 is 1.56 bits per heavy atom. The van der Waals surface area contributed by atoms with Gasteiger partial charge < -0.3 is 4.42 Å². The largest absolute Gasteiger partial charge is 0.455 e. The van der Waals surface area contributed by atoms with E-state index in [9.17, 15) is 0 Å². The maximum Gasteiger partial charge on any atom is 0.165 e. The molecule has 11 rings (SSSR count). The fourth-order valence-corrected chi connectivity index (χ4v) is 8.05. The zero-order valence-electron chi connectivity index (χ0n) is 29.6. The average molecular weight is 702 g/mol. The second-order valence-electron chi connectivity index (χ2n) is 14.0. The predicted molar refractivity (Wildman–Crippen MR) is 227 cm³/mol. The van der Waals surface area contributed by atoms with Crippen molar-refractivity contribution in [1.82, 2.24) is 15.0 Å². The van der Waals surface area contributed by atoms with Gasteiger partial charge in [0, 0.05) is 33.0 Å². The molecular weight excluding hydrogens is 671 g/mol. The number of hydrogen-bond donors (Lipinski definition) is 0. The van der Waals surface area contributed by atoms with Gasteiger partial charge in [0.25, 0.3) is 0 Å². The molecule has 0 spiro atoms. The molecule has 55 heavy (non-hydrogen) atoms. The van der Waals surface area contributed by atoms with Crippen LogP contribution in [0.25, 0.3) is 111 Å². The molecule has 0 bridgehead atoms. The molecule has 4 heteroatoms. The minimum absolute atomic E-state index is 0.598. The normalized spacial score (nSPS) is 11.6. The molecule has 0 saturated heterocycles. The summed E-state index contributed by atoms with van der Waals surface area (Å²) in [7, 11) is 0. The molecule has 2 heterocycles. The van der Waals surface area contributed by atoms with Crippen molar-refractivity contribution in [3.63, 3.8) is 0 Å². The number of nitrogens with zero attached hydrogens (tertiary/aromatic N) is 3. The van der Waals surface area contributed by atoms with Gasteiger partial charge in [-0.25, -0.2) is 15.0 Å². The van der Waals surface area contributed by atoms with Crippen LogP contribution in [0.2, 0.25) is 0 Å². The highest BCUT2D eigenvalue weighted by atomic mass is 16.3. The van der Waals surface area contributed by atoms with Crippen LogP contribution in [-0.2, 0) is 0 Å². The maximum absolute atomic E-state index is 6.92. The van der Waals surface area contributed by atoms with Gasteiger partial charge in [-0.2, -0.15) is 0 Å². The van der Waals surface area contributed by atoms with Crippen LogP contribution in [-0.4, -0.2) is 15.0 Å². The fourth-order valence-electron chi connectivity index (χ4n) is 8.05. The highest BCUT2D eigenvalue weighted by Gasteiger charge is 2.25. The van der Waals surface area contributed by atoms with E-state index in [4.69, 9.17) is 19.4 Å². The Kier molecular flexibility index (Phi) is 7.14. The first-order chi connectivity index (χ1) is 27.2. The molecule has 0 radical (unpaired) electrons. The zero-order chi connectivity index (χ0) is 36.3. The van der Waals surface area contributed by atoms with Crippen molar-refractivity contribution in [3.05, 3.63) is 188 Å². The molecule has 0 amide bonds. The number of para-hydroxylation sites is 1. The molecule has 2 aromatic heterocycles. The minimum Gasteiger partial charge on any atom is -0.455 e. The average Bonchev–Trinajstić information content (AvgIpc) is 3.64. The number of aromatic nitrogens is 3. The van der Waals surface area contributed by atoms with E-state index in [1.165, 1.54) is 21.7 Å². The van der Waals surface area contributed by atoms with Crippen LogP contribution in [0.5, 0.6) is 0 Å². The van der Waals surface area contributed by atoms with E-state index in [1.807, 2.05) is 30.3 Å². The van der Waals surface area contributed by atoms with E-state index in [1.54, 1.807) is 0 Å². The lowest BCUT2D eigenvalue weighted by atomic mass is 9.89. The molecule has 4 nitrogen and oxygen atoms in total. The first-order valence-corrected chi connectivity index (χ1v) is 18.5. The third kappa shape index (κ3) is 5.26. The number of fused-ring (bicyclic) bond motifs is 6. The lowest BCUT2D eigenvalue weighted by Crippen LogP contribution is -2.01. The SMILES string of the molecule is c1ccc(-c2nc(-c3ccc4ccccc4c3)nc(-c3c4ccccc4c(-c4cccc(-c5ccc6ccccc6c5)c4)c4oc5ccccc5c34)n2)cc1. The van der Waals surface area contributed by atoms with Crippen molar-refractivity contribution < 1.29 is 4.42 Å². The van der Waals surface area contributed by atoms with Crippen LogP contribution in [0, 0.1) is 0 Å². The highest BCUT2D eigenvalue weighted by molar-refractivity contribution is 6.26. The quantitative estimate of drug-likeness (QED) is 0.179. The van der Waals surface area contributed by atoms with Crippen LogP contribution < -0.4 is 0 Å². The van der Waals surface area contributed by atoms with Gasteiger partial charge in [0.05, 0.1) is 0 Å². The second kappa shape index (κ2) is 12.6. The van der Waals surface area contributed by atoms with Crippen molar-refractivity contribution >= 4 is 54.3 Å². The van der Waals surface area contributed by atoms with Crippen molar-refractivity contribution in [2.24, 2.45) is 0 Å². The van der Waals surface area contributed by atoms with E-state index in [2.05, 4.69) is 158 Å². The summed E-state index contributed by atoms with van der Waals surface area (Å²) in [5.74, 6) is 1.83. The van der Waals surface area contributed by atoms with Gasteiger partial charge in [-0.15, -0.1) is 0 Å². The van der Waals surface area contributed by atoms with Gasteiger partial charge >= 0.3 is 0 Å². The zero-order valence-corrected chi connectivity index (χ0v) is 29.6. The Balaban J connectivity index is 1.20. The van der Waals surface area contributed by atoms with Crippen LogP contribution >= 0.6 is 0 Å². The lowest BCUT2D eigenvalue weighted by molar-refractivity contribution is 0.670. The summed E-state index contributed by atoms with van der Waals surface area (Å²) < 4.78 is 6.92. The van der Waals surface area contributed by atoms with Crippen LogP contribution in [0.4, 0.5) is 0 Å². The smallest absolute Gasteiger partial charge is 0.165 e. The van der Waals surface area contributed by atoms with Crippen LogP contribution in [0.3, 0.4) is 0 Å². The van der Waals surface area contributed by atoms with Gasteiger partial charge in [0.1, 0.15) is 11.2 Å². The molecule has 0 aliphatic heterocycles. The Morgan fingerprint density at radius 1 is 0.309 bits per heavy atom.